The molecule has 3 aliphatic rings. The zero-order valence-electron chi connectivity index (χ0n) is 10.7. The van der Waals surface area contributed by atoms with Gasteiger partial charge in [0.25, 0.3) is 0 Å². The van der Waals surface area contributed by atoms with Crippen LogP contribution in [0.15, 0.2) is 0 Å². The molecule has 1 aliphatic carbocycles. The summed E-state index contributed by atoms with van der Waals surface area (Å²) in [5.74, 6) is 1.22. The average molecular weight is 236 g/mol. The van der Waals surface area contributed by atoms with E-state index in [1.165, 1.54) is 44.9 Å². The predicted molar refractivity (Wildman–Crippen MR) is 67.7 cm³/mol. The number of rotatable bonds is 1. The van der Waals surface area contributed by atoms with Gasteiger partial charge in [0.2, 0.25) is 5.91 Å². The lowest BCUT2D eigenvalue weighted by atomic mass is 9.85. The van der Waals surface area contributed by atoms with Gasteiger partial charge in [-0.15, -0.1) is 0 Å². The molecule has 3 atom stereocenters. The van der Waals surface area contributed by atoms with Crippen LogP contribution in [0.2, 0.25) is 0 Å². The van der Waals surface area contributed by atoms with E-state index in [0.29, 0.717) is 11.9 Å². The third-order valence-electron chi connectivity index (χ3n) is 4.90. The molecule has 2 unspecified atom stereocenters. The van der Waals surface area contributed by atoms with E-state index >= 15 is 0 Å². The summed E-state index contributed by atoms with van der Waals surface area (Å²) in [7, 11) is 0. The van der Waals surface area contributed by atoms with Crippen LogP contribution in [0.1, 0.15) is 51.4 Å². The predicted octanol–water partition coefficient (Wildman–Crippen LogP) is 1.92. The number of nitrogens with one attached hydrogen (secondary N) is 1. The second-order valence-corrected chi connectivity index (χ2v) is 5.93. The number of fused-ring (bicyclic) bond motifs is 1. The molecule has 0 aromatic rings. The van der Waals surface area contributed by atoms with Gasteiger partial charge in [-0.3, -0.25) is 4.79 Å². The smallest absolute Gasteiger partial charge is 0.239 e. The van der Waals surface area contributed by atoms with Crippen LogP contribution in [0.25, 0.3) is 0 Å². The van der Waals surface area contributed by atoms with Gasteiger partial charge in [0.05, 0.1) is 6.04 Å². The molecule has 17 heavy (non-hydrogen) atoms. The summed E-state index contributed by atoms with van der Waals surface area (Å²) in [6.07, 6.45) is 10.1. The fourth-order valence-electron chi connectivity index (χ4n) is 3.94. The Bertz CT molecular complexity index is 286. The van der Waals surface area contributed by atoms with Crippen molar-refractivity contribution in [1.82, 2.24) is 10.2 Å². The van der Waals surface area contributed by atoms with Crippen LogP contribution < -0.4 is 5.32 Å². The van der Waals surface area contributed by atoms with Crippen molar-refractivity contribution < 1.29 is 4.79 Å². The highest BCUT2D eigenvalue weighted by atomic mass is 16.2. The molecule has 3 nitrogen and oxygen atoms in total. The molecule has 2 heterocycles. The Hall–Kier alpha value is -0.570. The van der Waals surface area contributed by atoms with E-state index in [9.17, 15) is 4.79 Å². The van der Waals surface area contributed by atoms with E-state index in [2.05, 4.69) is 10.2 Å². The van der Waals surface area contributed by atoms with Crippen molar-refractivity contribution in [2.75, 3.05) is 13.1 Å². The molecule has 0 spiro atoms. The topological polar surface area (TPSA) is 32.3 Å². The van der Waals surface area contributed by atoms with Gasteiger partial charge in [0.1, 0.15) is 0 Å². The van der Waals surface area contributed by atoms with Crippen LogP contribution in [-0.4, -0.2) is 36.0 Å². The van der Waals surface area contributed by atoms with Crippen molar-refractivity contribution in [1.29, 1.82) is 0 Å². The van der Waals surface area contributed by atoms with Gasteiger partial charge in [-0.1, -0.05) is 19.3 Å². The first kappa shape index (κ1) is 11.5. The second kappa shape index (κ2) is 4.97. The highest BCUT2D eigenvalue weighted by Crippen LogP contribution is 2.36. The van der Waals surface area contributed by atoms with Crippen LogP contribution >= 0.6 is 0 Å². The molecule has 96 valence electrons. The largest absolute Gasteiger partial charge is 0.338 e. The number of likely N-dealkylation sites (tertiary alicyclic amines) is 1. The van der Waals surface area contributed by atoms with Gasteiger partial charge in [-0.2, -0.15) is 0 Å². The standard InChI is InChI=1S/C14H24N2O/c17-14(12-6-3-4-9-15-12)16-10-8-11-5-1-2-7-13(11)16/h11-13,15H,1-10H2/t11?,12-,13?/m0/s1. The fraction of sp³-hybridized carbons (Fsp3) is 0.929. The molecule has 2 aliphatic heterocycles. The minimum absolute atomic E-state index is 0.129. The van der Waals surface area contributed by atoms with Crippen molar-refractivity contribution in [3.8, 4) is 0 Å². The van der Waals surface area contributed by atoms with E-state index in [4.69, 9.17) is 0 Å². The Labute approximate surface area is 104 Å². The van der Waals surface area contributed by atoms with Gasteiger partial charge in [-0.05, 0) is 44.6 Å². The van der Waals surface area contributed by atoms with Crippen LogP contribution in [0, 0.1) is 5.92 Å². The van der Waals surface area contributed by atoms with Gasteiger partial charge >= 0.3 is 0 Å². The molecule has 0 bridgehead atoms. The van der Waals surface area contributed by atoms with Crippen LogP contribution in [-0.2, 0) is 4.79 Å². The number of carbonyl (C=O) groups is 1. The molecule has 0 radical (unpaired) electrons. The normalized spacial score (nSPS) is 37.9. The minimum atomic E-state index is 0.129. The van der Waals surface area contributed by atoms with Gasteiger partial charge in [0, 0.05) is 12.6 Å². The Balaban J connectivity index is 1.65. The first-order chi connectivity index (χ1) is 8.36. The summed E-state index contributed by atoms with van der Waals surface area (Å²) in [5, 5.41) is 3.40. The number of hydrogen-bond acceptors (Lipinski definition) is 2. The average Bonchev–Trinajstić information content (AvgIpc) is 2.83. The maximum absolute atomic E-state index is 12.5. The lowest BCUT2D eigenvalue weighted by Gasteiger charge is -2.35. The molecule has 1 saturated carbocycles. The molecule has 0 aromatic carbocycles. The molecule has 3 rings (SSSR count). The van der Waals surface area contributed by atoms with Crippen LogP contribution in [0.3, 0.4) is 0 Å². The van der Waals surface area contributed by atoms with Crippen LogP contribution in [0.4, 0.5) is 0 Å². The SMILES string of the molecule is O=C([C@@H]1CCCCN1)N1CCC2CCCCC21. The zero-order valence-corrected chi connectivity index (χ0v) is 10.7. The third kappa shape index (κ3) is 2.22. The van der Waals surface area contributed by atoms with E-state index in [0.717, 1.165) is 25.4 Å². The maximum Gasteiger partial charge on any atom is 0.239 e. The van der Waals surface area contributed by atoms with Crippen LogP contribution in [0.5, 0.6) is 0 Å². The molecule has 1 N–H and O–H groups in total. The summed E-state index contributed by atoms with van der Waals surface area (Å²) in [5.41, 5.74) is 0. The van der Waals surface area contributed by atoms with E-state index in [-0.39, 0.29) is 6.04 Å². The van der Waals surface area contributed by atoms with E-state index < -0.39 is 0 Å². The summed E-state index contributed by atoms with van der Waals surface area (Å²) in [4.78, 5) is 14.7. The summed E-state index contributed by atoms with van der Waals surface area (Å²) >= 11 is 0. The molecule has 2 saturated heterocycles. The maximum atomic E-state index is 12.5. The first-order valence-corrected chi connectivity index (χ1v) is 7.40. The third-order valence-corrected chi connectivity index (χ3v) is 4.90. The molecule has 0 aromatic heterocycles. The summed E-state index contributed by atoms with van der Waals surface area (Å²) in [6.45, 7) is 2.05. The van der Waals surface area contributed by atoms with Crippen molar-refractivity contribution in [3.63, 3.8) is 0 Å². The first-order valence-electron chi connectivity index (χ1n) is 7.40. The van der Waals surface area contributed by atoms with Crippen molar-refractivity contribution >= 4 is 5.91 Å². The second-order valence-electron chi connectivity index (χ2n) is 5.93. The number of hydrogen-bond donors (Lipinski definition) is 1. The molecular weight excluding hydrogens is 212 g/mol. The lowest BCUT2D eigenvalue weighted by Crippen LogP contribution is -2.51. The van der Waals surface area contributed by atoms with Gasteiger partial charge in [-0.25, -0.2) is 0 Å². The highest BCUT2D eigenvalue weighted by Gasteiger charge is 2.40. The summed E-state index contributed by atoms with van der Waals surface area (Å²) in [6, 6.07) is 0.712. The highest BCUT2D eigenvalue weighted by molar-refractivity contribution is 5.82. The van der Waals surface area contributed by atoms with E-state index in [1.54, 1.807) is 0 Å². The Morgan fingerprint density at radius 3 is 2.65 bits per heavy atom. The Morgan fingerprint density at radius 1 is 1.00 bits per heavy atom. The quantitative estimate of drug-likeness (QED) is 0.754. The lowest BCUT2D eigenvalue weighted by molar-refractivity contribution is -0.135. The van der Waals surface area contributed by atoms with Crippen molar-refractivity contribution in [3.05, 3.63) is 0 Å². The number of piperidine rings is 1. The zero-order chi connectivity index (χ0) is 11.7. The van der Waals surface area contributed by atoms with E-state index in [1.807, 2.05) is 0 Å². The molecule has 3 heteroatoms. The molecular formula is C14H24N2O. The van der Waals surface area contributed by atoms with Gasteiger partial charge in [0.15, 0.2) is 0 Å². The van der Waals surface area contributed by atoms with Crippen molar-refractivity contribution in [2.45, 2.75) is 63.5 Å². The number of carbonyl (C=O) groups excluding carboxylic acids is 1. The Morgan fingerprint density at radius 2 is 1.82 bits per heavy atom. The minimum Gasteiger partial charge on any atom is -0.338 e. The molecule has 3 fully saturated rings. The number of nitrogens with zero attached hydrogens (tertiary/aromatic N) is 1. The monoisotopic (exact) mass is 236 g/mol. The number of amides is 1. The molecule has 1 amide bonds. The fourth-order valence-corrected chi connectivity index (χ4v) is 3.94. The van der Waals surface area contributed by atoms with Crippen molar-refractivity contribution in [2.24, 2.45) is 5.92 Å². The Kier molecular flexibility index (Phi) is 3.37. The summed E-state index contributed by atoms with van der Waals surface area (Å²) < 4.78 is 0. The van der Waals surface area contributed by atoms with Gasteiger partial charge < -0.3 is 10.2 Å².